The van der Waals surface area contributed by atoms with Crippen LogP contribution < -0.4 is 5.32 Å². The van der Waals surface area contributed by atoms with Gasteiger partial charge >= 0.3 is 0 Å². The van der Waals surface area contributed by atoms with Crippen LogP contribution in [0.2, 0.25) is 5.02 Å². The number of aryl methyl sites for hydroxylation is 1. The van der Waals surface area contributed by atoms with E-state index in [1.54, 1.807) is 6.07 Å². The number of phenols is 1. The molecule has 0 saturated carbocycles. The molecule has 5 rings (SSSR count). The zero-order valence-corrected chi connectivity index (χ0v) is 18.8. The van der Waals surface area contributed by atoms with E-state index in [2.05, 4.69) is 20.4 Å². The van der Waals surface area contributed by atoms with E-state index in [1.807, 2.05) is 49.4 Å². The molecule has 0 radical (unpaired) electrons. The molecular formula is C25H27ClN4O2. The Kier molecular flexibility index (Phi) is 6.00. The quantitative estimate of drug-likeness (QED) is 0.584. The van der Waals surface area contributed by atoms with Crippen molar-refractivity contribution in [2.24, 2.45) is 0 Å². The molecular weight excluding hydrogens is 424 g/mol. The van der Waals surface area contributed by atoms with Gasteiger partial charge in [-0.2, -0.15) is 0 Å². The first-order chi connectivity index (χ1) is 15.6. The fourth-order valence-electron chi connectivity index (χ4n) is 4.47. The monoisotopic (exact) mass is 450 g/mol. The van der Waals surface area contributed by atoms with Crippen molar-refractivity contribution in [3.63, 3.8) is 0 Å². The Bertz CT molecular complexity index is 1100. The molecule has 32 heavy (non-hydrogen) atoms. The van der Waals surface area contributed by atoms with Crippen molar-refractivity contribution in [2.75, 3.05) is 31.6 Å². The van der Waals surface area contributed by atoms with Crippen molar-refractivity contribution in [3.05, 3.63) is 59.1 Å². The minimum Gasteiger partial charge on any atom is -0.507 e. The van der Waals surface area contributed by atoms with Crippen LogP contribution in [0, 0.1) is 6.92 Å². The average molecular weight is 451 g/mol. The van der Waals surface area contributed by atoms with Crippen molar-refractivity contribution in [1.29, 1.82) is 0 Å². The Morgan fingerprint density at radius 1 is 1.06 bits per heavy atom. The lowest BCUT2D eigenvalue weighted by molar-refractivity contribution is -0.0710. The third kappa shape index (κ3) is 4.44. The van der Waals surface area contributed by atoms with E-state index in [0.717, 1.165) is 55.2 Å². The molecule has 0 bridgehead atoms. The molecule has 0 amide bonds. The van der Waals surface area contributed by atoms with Crippen molar-refractivity contribution in [1.82, 2.24) is 15.1 Å². The van der Waals surface area contributed by atoms with Crippen LogP contribution in [0.25, 0.3) is 22.4 Å². The maximum Gasteiger partial charge on any atom is 0.149 e. The number of likely N-dealkylation sites (tertiary alicyclic amines) is 1. The van der Waals surface area contributed by atoms with Gasteiger partial charge in [-0.05, 0) is 73.3 Å². The number of nitrogens with zero attached hydrogens (tertiary/aromatic N) is 3. The average Bonchev–Trinajstić information content (AvgIpc) is 2.74. The number of benzene rings is 2. The van der Waals surface area contributed by atoms with Gasteiger partial charge in [0.2, 0.25) is 0 Å². The highest BCUT2D eigenvalue weighted by Crippen LogP contribution is 2.34. The van der Waals surface area contributed by atoms with E-state index in [4.69, 9.17) is 16.3 Å². The van der Waals surface area contributed by atoms with Crippen molar-refractivity contribution in [3.8, 4) is 28.1 Å². The smallest absolute Gasteiger partial charge is 0.149 e. The summed E-state index contributed by atoms with van der Waals surface area (Å²) in [4.78, 5) is 2.51. The third-order valence-corrected chi connectivity index (χ3v) is 6.61. The van der Waals surface area contributed by atoms with Crippen molar-refractivity contribution >= 4 is 17.4 Å². The van der Waals surface area contributed by atoms with Crippen LogP contribution in [-0.4, -0.2) is 58.6 Å². The number of hydrogen-bond acceptors (Lipinski definition) is 6. The van der Waals surface area contributed by atoms with Crippen LogP contribution in [0.15, 0.2) is 48.5 Å². The fourth-order valence-corrected chi connectivity index (χ4v) is 4.60. The number of ether oxygens (including phenoxy) is 1. The molecule has 6 nitrogen and oxygen atoms in total. The SMILES string of the molecule is Cc1cc(N[C@@H]2CCCN(C3COC3)C2)nnc1-c1ccc(-c2ccc(Cl)cc2)cc1O. The molecule has 166 valence electrons. The summed E-state index contributed by atoms with van der Waals surface area (Å²) in [5.74, 6) is 0.960. The number of phenolic OH excluding ortho intramolecular Hbond substituents is 1. The molecule has 0 unspecified atom stereocenters. The zero-order chi connectivity index (χ0) is 22.1. The summed E-state index contributed by atoms with van der Waals surface area (Å²) in [7, 11) is 0. The Labute approximate surface area is 193 Å². The molecule has 1 aromatic heterocycles. The van der Waals surface area contributed by atoms with Gasteiger partial charge in [0.25, 0.3) is 0 Å². The Morgan fingerprint density at radius 2 is 1.84 bits per heavy atom. The lowest BCUT2D eigenvalue weighted by atomic mass is 10.00. The van der Waals surface area contributed by atoms with Gasteiger partial charge in [-0.3, -0.25) is 4.90 Å². The van der Waals surface area contributed by atoms with Crippen LogP contribution in [-0.2, 0) is 4.74 Å². The molecule has 3 heterocycles. The van der Waals surface area contributed by atoms with Gasteiger partial charge in [0.1, 0.15) is 11.6 Å². The van der Waals surface area contributed by atoms with Crippen LogP contribution in [0.4, 0.5) is 5.82 Å². The Morgan fingerprint density at radius 3 is 2.53 bits per heavy atom. The van der Waals surface area contributed by atoms with Crippen molar-refractivity contribution in [2.45, 2.75) is 31.8 Å². The molecule has 1 atom stereocenters. The molecule has 2 aliphatic heterocycles. The zero-order valence-electron chi connectivity index (χ0n) is 18.1. The van der Waals surface area contributed by atoms with E-state index in [1.165, 1.54) is 6.42 Å². The highest BCUT2D eigenvalue weighted by atomic mass is 35.5. The summed E-state index contributed by atoms with van der Waals surface area (Å²) >= 11 is 5.98. The summed E-state index contributed by atoms with van der Waals surface area (Å²) < 4.78 is 5.35. The number of rotatable bonds is 5. The maximum atomic E-state index is 10.7. The van der Waals surface area contributed by atoms with Gasteiger partial charge in [-0.15, -0.1) is 10.2 Å². The Hall–Kier alpha value is -2.67. The molecule has 2 fully saturated rings. The van der Waals surface area contributed by atoms with E-state index < -0.39 is 0 Å². The second-order valence-electron chi connectivity index (χ2n) is 8.67. The lowest BCUT2D eigenvalue weighted by Gasteiger charge is -2.42. The predicted octanol–water partition coefficient (Wildman–Crippen LogP) is 4.75. The van der Waals surface area contributed by atoms with Gasteiger partial charge in [0, 0.05) is 23.2 Å². The highest BCUT2D eigenvalue weighted by molar-refractivity contribution is 6.30. The predicted molar refractivity (Wildman–Crippen MR) is 127 cm³/mol. The first-order valence-electron chi connectivity index (χ1n) is 11.1. The summed E-state index contributed by atoms with van der Waals surface area (Å²) in [6, 6.07) is 16.1. The minimum atomic E-state index is 0.182. The molecule has 2 N–H and O–H groups in total. The van der Waals surface area contributed by atoms with Crippen molar-refractivity contribution < 1.29 is 9.84 Å². The maximum absolute atomic E-state index is 10.7. The first-order valence-corrected chi connectivity index (χ1v) is 11.5. The highest BCUT2D eigenvalue weighted by Gasteiger charge is 2.30. The van der Waals surface area contributed by atoms with Crippen LogP contribution in [0.3, 0.4) is 0 Å². The summed E-state index contributed by atoms with van der Waals surface area (Å²) in [5.41, 5.74) is 4.25. The number of aromatic hydroxyl groups is 1. The Balaban J connectivity index is 1.31. The summed E-state index contributed by atoms with van der Waals surface area (Å²) in [5, 5.41) is 23.8. The largest absolute Gasteiger partial charge is 0.507 e. The van der Waals surface area contributed by atoms with Gasteiger partial charge in [0.05, 0.1) is 24.9 Å². The number of aromatic nitrogens is 2. The van der Waals surface area contributed by atoms with E-state index >= 15 is 0 Å². The van der Waals surface area contributed by atoms with Gasteiger partial charge in [-0.1, -0.05) is 29.8 Å². The van der Waals surface area contributed by atoms with Gasteiger partial charge < -0.3 is 15.2 Å². The summed E-state index contributed by atoms with van der Waals surface area (Å²) in [6.45, 7) is 5.84. The van der Waals surface area contributed by atoms with Gasteiger partial charge in [-0.25, -0.2) is 0 Å². The van der Waals surface area contributed by atoms with E-state index in [-0.39, 0.29) is 5.75 Å². The van der Waals surface area contributed by atoms with E-state index in [0.29, 0.717) is 28.4 Å². The molecule has 2 aliphatic rings. The fraction of sp³-hybridized carbons (Fsp3) is 0.360. The first kappa shape index (κ1) is 21.2. The topological polar surface area (TPSA) is 70.5 Å². The number of anilines is 1. The second kappa shape index (κ2) is 9.06. The van der Waals surface area contributed by atoms with Crippen LogP contribution in [0.5, 0.6) is 5.75 Å². The third-order valence-electron chi connectivity index (χ3n) is 6.36. The molecule has 2 aromatic carbocycles. The molecule has 2 saturated heterocycles. The normalized spacial score (nSPS) is 19.5. The van der Waals surface area contributed by atoms with Gasteiger partial charge in [0.15, 0.2) is 0 Å². The molecule has 7 heteroatoms. The number of hydrogen-bond donors (Lipinski definition) is 2. The number of nitrogens with one attached hydrogen (secondary N) is 1. The lowest BCUT2D eigenvalue weighted by Crippen LogP contribution is -2.54. The number of halogens is 1. The number of piperidine rings is 1. The molecule has 0 aliphatic carbocycles. The second-order valence-corrected chi connectivity index (χ2v) is 9.11. The standard InChI is InChI=1S/C25H27ClN4O2/c1-16-11-24(27-20-3-2-10-30(13-20)21-14-32-15-21)28-29-25(16)22-9-6-18(12-23(22)31)17-4-7-19(26)8-5-17/h4-9,11-12,20-21,31H,2-3,10,13-15H2,1H3,(H,27,28)/t20-/m1/s1. The van der Waals surface area contributed by atoms with Crippen LogP contribution >= 0.6 is 11.6 Å². The molecule has 3 aromatic rings. The van der Waals surface area contributed by atoms with Crippen LogP contribution in [0.1, 0.15) is 18.4 Å². The minimum absolute atomic E-state index is 0.182. The summed E-state index contributed by atoms with van der Waals surface area (Å²) in [6.07, 6.45) is 2.30. The van der Waals surface area contributed by atoms with E-state index in [9.17, 15) is 5.11 Å². The molecule has 0 spiro atoms.